The number of hydrogen-bond acceptors (Lipinski definition) is 6. The van der Waals surface area contributed by atoms with E-state index in [0.717, 1.165) is 5.56 Å². The van der Waals surface area contributed by atoms with Crippen LogP contribution in [0, 0.1) is 0 Å². The van der Waals surface area contributed by atoms with Gasteiger partial charge in [0.05, 0.1) is 6.21 Å². The van der Waals surface area contributed by atoms with Crippen LogP contribution in [0.5, 0.6) is 0 Å². The molecule has 0 atom stereocenters. The van der Waals surface area contributed by atoms with Gasteiger partial charge in [-0.1, -0.05) is 38.1 Å². The predicted octanol–water partition coefficient (Wildman–Crippen LogP) is 1.54. The number of carbonyl (C=O) groups is 1. The first-order valence-electron chi connectivity index (χ1n) is 6.09. The highest BCUT2D eigenvalue weighted by atomic mass is 16.6. The molecule has 7 heteroatoms. The van der Waals surface area contributed by atoms with Crippen molar-refractivity contribution in [2.24, 2.45) is 5.10 Å². The Hall–Kier alpha value is -2.70. The standard InChI is InChI=1S/C13H15N5O2/c1-8(2)10-5-3-9(4-6-10)7-15-16-13(19)11-12(14)18-20-17-11/h3-8H,1-2H3,(H2,14,18)(H,16,19)/b15-7-. The summed E-state index contributed by atoms with van der Waals surface area (Å²) in [6.07, 6.45) is 1.53. The monoisotopic (exact) mass is 273 g/mol. The minimum atomic E-state index is -0.571. The van der Waals surface area contributed by atoms with Crippen LogP contribution in [0.25, 0.3) is 0 Å². The van der Waals surface area contributed by atoms with Gasteiger partial charge >= 0.3 is 0 Å². The number of nitrogens with zero attached hydrogens (tertiary/aromatic N) is 3. The fraction of sp³-hybridized carbons (Fsp3) is 0.231. The Morgan fingerprint density at radius 3 is 2.60 bits per heavy atom. The molecule has 0 spiro atoms. The van der Waals surface area contributed by atoms with Crippen LogP contribution >= 0.6 is 0 Å². The number of nitrogens with one attached hydrogen (secondary N) is 1. The molecule has 0 saturated heterocycles. The van der Waals surface area contributed by atoms with E-state index in [1.807, 2.05) is 24.3 Å². The number of rotatable bonds is 4. The van der Waals surface area contributed by atoms with Crippen molar-refractivity contribution in [3.05, 3.63) is 41.1 Å². The molecule has 2 rings (SSSR count). The molecule has 0 unspecified atom stereocenters. The van der Waals surface area contributed by atoms with Crippen molar-refractivity contribution < 1.29 is 9.42 Å². The fourth-order valence-electron chi connectivity index (χ4n) is 1.54. The van der Waals surface area contributed by atoms with E-state index in [-0.39, 0.29) is 11.5 Å². The van der Waals surface area contributed by atoms with Crippen LogP contribution in [-0.2, 0) is 0 Å². The van der Waals surface area contributed by atoms with Gasteiger partial charge in [0, 0.05) is 0 Å². The SMILES string of the molecule is CC(C)c1ccc(/C=N\NC(=O)c2nonc2N)cc1. The number of nitrogens with two attached hydrogens (primary N) is 1. The summed E-state index contributed by atoms with van der Waals surface area (Å²) in [5.41, 5.74) is 9.72. The Morgan fingerprint density at radius 2 is 2.05 bits per heavy atom. The summed E-state index contributed by atoms with van der Waals surface area (Å²) in [7, 11) is 0. The second kappa shape index (κ2) is 5.96. The molecule has 0 aliphatic carbocycles. The van der Waals surface area contributed by atoms with Crippen molar-refractivity contribution in [1.29, 1.82) is 0 Å². The van der Waals surface area contributed by atoms with Gasteiger partial charge in [0.1, 0.15) is 0 Å². The zero-order chi connectivity index (χ0) is 14.5. The van der Waals surface area contributed by atoms with Crippen LogP contribution in [0.1, 0.15) is 41.4 Å². The van der Waals surface area contributed by atoms with Crippen LogP contribution in [0.3, 0.4) is 0 Å². The molecule has 1 amide bonds. The Labute approximate surface area is 115 Å². The summed E-state index contributed by atoms with van der Waals surface area (Å²) in [4.78, 5) is 11.6. The summed E-state index contributed by atoms with van der Waals surface area (Å²) >= 11 is 0. The van der Waals surface area contributed by atoms with Crippen molar-refractivity contribution in [1.82, 2.24) is 15.7 Å². The van der Waals surface area contributed by atoms with Gasteiger partial charge in [-0.2, -0.15) is 5.10 Å². The van der Waals surface area contributed by atoms with Crippen molar-refractivity contribution in [3.63, 3.8) is 0 Å². The van der Waals surface area contributed by atoms with E-state index in [1.165, 1.54) is 11.8 Å². The quantitative estimate of drug-likeness (QED) is 0.649. The summed E-state index contributed by atoms with van der Waals surface area (Å²) in [6, 6.07) is 7.90. The third kappa shape index (κ3) is 3.19. The Morgan fingerprint density at radius 1 is 1.35 bits per heavy atom. The summed E-state index contributed by atoms with van der Waals surface area (Å²) in [5, 5.41) is 10.5. The van der Waals surface area contributed by atoms with Gasteiger partial charge in [0.25, 0.3) is 5.91 Å². The molecule has 104 valence electrons. The minimum absolute atomic E-state index is 0.0704. The Bertz CT molecular complexity index is 616. The molecule has 1 aromatic carbocycles. The molecule has 2 aromatic rings. The first-order valence-corrected chi connectivity index (χ1v) is 6.09. The van der Waals surface area contributed by atoms with E-state index < -0.39 is 5.91 Å². The molecule has 0 aliphatic heterocycles. The minimum Gasteiger partial charge on any atom is -0.379 e. The lowest BCUT2D eigenvalue weighted by atomic mass is 10.0. The van der Waals surface area contributed by atoms with Gasteiger partial charge in [0.15, 0.2) is 0 Å². The van der Waals surface area contributed by atoms with Gasteiger partial charge in [-0.25, -0.2) is 10.1 Å². The zero-order valence-corrected chi connectivity index (χ0v) is 11.2. The molecule has 7 nitrogen and oxygen atoms in total. The number of hydrogen-bond donors (Lipinski definition) is 2. The maximum Gasteiger partial charge on any atom is 0.297 e. The van der Waals surface area contributed by atoms with Gasteiger partial charge < -0.3 is 5.73 Å². The topological polar surface area (TPSA) is 106 Å². The lowest BCUT2D eigenvalue weighted by Gasteiger charge is -2.04. The maximum absolute atomic E-state index is 11.6. The third-order valence-electron chi connectivity index (χ3n) is 2.71. The Kier molecular flexibility index (Phi) is 4.09. The lowest BCUT2D eigenvalue weighted by Crippen LogP contribution is -2.19. The number of aromatic nitrogens is 2. The number of anilines is 1. The van der Waals surface area contributed by atoms with Crippen LogP contribution < -0.4 is 11.2 Å². The molecule has 20 heavy (non-hydrogen) atoms. The average molecular weight is 273 g/mol. The van der Waals surface area contributed by atoms with E-state index in [1.54, 1.807) is 0 Å². The molecule has 1 heterocycles. The molecule has 0 bridgehead atoms. The predicted molar refractivity (Wildman–Crippen MR) is 74.3 cm³/mol. The molecule has 1 aromatic heterocycles. The van der Waals surface area contributed by atoms with Crippen LogP contribution in [0.2, 0.25) is 0 Å². The highest BCUT2D eigenvalue weighted by Gasteiger charge is 2.14. The normalized spacial score (nSPS) is 11.2. The molecule has 0 radical (unpaired) electrons. The van der Waals surface area contributed by atoms with Gasteiger partial charge in [-0.05, 0) is 27.4 Å². The lowest BCUT2D eigenvalue weighted by molar-refractivity contribution is 0.0946. The number of hydrazone groups is 1. The molecular formula is C13H15N5O2. The second-order valence-electron chi connectivity index (χ2n) is 4.52. The van der Waals surface area contributed by atoms with Crippen LogP contribution in [-0.4, -0.2) is 22.4 Å². The Balaban J connectivity index is 1.96. The van der Waals surface area contributed by atoms with E-state index in [0.29, 0.717) is 5.92 Å². The molecule has 0 fully saturated rings. The summed E-state index contributed by atoms with van der Waals surface area (Å²) < 4.78 is 4.33. The smallest absolute Gasteiger partial charge is 0.297 e. The summed E-state index contributed by atoms with van der Waals surface area (Å²) in [6.45, 7) is 4.25. The number of benzene rings is 1. The van der Waals surface area contributed by atoms with E-state index >= 15 is 0 Å². The highest BCUT2D eigenvalue weighted by Crippen LogP contribution is 2.13. The van der Waals surface area contributed by atoms with Gasteiger partial charge in [-0.15, -0.1) is 0 Å². The fourth-order valence-corrected chi connectivity index (χ4v) is 1.54. The van der Waals surface area contributed by atoms with Gasteiger partial charge in [0.2, 0.25) is 11.5 Å². The first kappa shape index (κ1) is 13.7. The molecule has 0 aliphatic rings. The highest BCUT2D eigenvalue weighted by molar-refractivity contribution is 5.96. The van der Waals surface area contributed by atoms with Crippen molar-refractivity contribution in [2.45, 2.75) is 19.8 Å². The van der Waals surface area contributed by atoms with Gasteiger partial charge in [-0.3, -0.25) is 4.79 Å². The number of amides is 1. The van der Waals surface area contributed by atoms with Crippen LogP contribution in [0.4, 0.5) is 5.82 Å². The summed E-state index contributed by atoms with van der Waals surface area (Å²) in [5.74, 6) is -0.166. The van der Waals surface area contributed by atoms with Crippen molar-refractivity contribution >= 4 is 17.9 Å². The second-order valence-corrected chi connectivity index (χ2v) is 4.52. The molecular weight excluding hydrogens is 258 g/mol. The van der Waals surface area contributed by atoms with E-state index in [2.05, 4.69) is 39.3 Å². The maximum atomic E-state index is 11.6. The number of carbonyl (C=O) groups excluding carboxylic acids is 1. The largest absolute Gasteiger partial charge is 0.379 e. The molecule has 3 N–H and O–H groups in total. The van der Waals surface area contributed by atoms with Crippen molar-refractivity contribution in [2.75, 3.05) is 5.73 Å². The average Bonchev–Trinajstić information content (AvgIpc) is 2.85. The molecule has 0 saturated carbocycles. The number of nitrogen functional groups attached to an aromatic ring is 1. The zero-order valence-electron chi connectivity index (χ0n) is 11.2. The first-order chi connectivity index (χ1) is 9.58. The van der Waals surface area contributed by atoms with Crippen LogP contribution in [0.15, 0.2) is 34.0 Å². The van der Waals surface area contributed by atoms with E-state index in [9.17, 15) is 4.79 Å². The van der Waals surface area contributed by atoms with E-state index in [4.69, 9.17) is 5.73 Å². The third-order valence-corrected chi connectivity index (χ3v) is 2.71. The van der Waals surface area contributed by atoms with Crippen molar-refractivity contribution in [3.8, 4) is 0 Å².